The molecule has 104 valence electrons. The Balaban J connectivity index is 1.81. The second-order valence-corrected chi connectivity index (χ2v) is 5.26. The predicted molar refractivity (Wildman–Crippen MR) is 67.3 cm³/mol. The zero-order valence-electron chi connectivity index (χ0n) is 10.0. The van der Waals surface area contributed by atoms with Gasteiger partial charge in [-0.1, -0.05) is 18.2 Å². The fourth-order valence-electron chi connectivity index (χ4n) is 1.86. The molecule has 0 aliphatic carbocycles. The van der Waals surface area contributed by atoms with Crippen molar-refractivity contribution in [3.05, 3.63) is 34.9 Å². The van der Waals surface area contributed by atoms with Gasteiger partial charge in [0.1, 0.15) is 0 Å². The van der Waals surface area contributed by atoms with Gasteiger partial charge in [0.15, 0.2) is 0 Å². The van der Waals surface area contributed by atoms with Crippen LogP contribution < -0.4 is 10.6 Å². The van der Waals surface area contributed by atoms with Gasteiger partial charge in [-0.2, -0.15) is 13.2 Å². The van der Waals surface area contributed by atoms with Gasteiger partial charge >= 0.3 is 5.51 Å². The number of benzene rings is 1. The molecule has 0 saturated heterocycles. The third kappa shape index (κ3) is 4.43. The highest BCUT2D eigenvalue weighted by molar-refractivity contribution is 8.00. The SMILES string of the molecule is O=C(CSC(F)(F)F)NCc1ccc2c(c1)CNC2. The molecule has 0 bridgehead atoms. The van der Waals surface area contributed by atoms with Crippen molar-refractivity contribution in [2.45, 2.75) is 25.1 Å². The smallest absolute Gasteiger partial charge is 0.351 e. The van der Waals surface area contributed by atoms with E-state index in [0.717, 1.165) is 18.7 Å². The summed E-state index contributed by atoms with van der Waals surface area (Å²) in [5.74, 6) is -1.21. The molecule has 2 rings (SSSR count). The number of carbonyl (C=O) groups excluding carboxylic acids is 1. The van der Waals surface area contributed by atoms with Crippen molar-refractivity contribution in [1.29, 1.82) is 0 Å². The van der Waals surface area contributed by atoms with Crippen molar-refractivity contribution in [2.75, 3.05) is 5.75 Å². The van der Waals surface area contributed by atoms with Gasteiger partial charge in [0, 0.05) is 19.6 Å². The molecular formula is C12H13F3N2OS. The number of nitrogens with one attached hydrogen (secondary N) is 2. The maximum atomic E-state index is 11.9. The van der Waals surface area contributed by atoms with Gasteiger partial charge in [0.05, 0.1) is 5.75 Å². The third-order valence-electron chi connectivity index (χ3n) is 2.76. The molecule has 3 nitrogen and oxygen atoms in total. The van der Waals surface area contributed by atoms with E-state index in [2.05, 4.69) is 10.6 Å². The predicted octanol–water partition coefficient (Wildman–Crippen LogP) is 2.16. The largest absolute Gasteiger partial charge is 0.442 e. The summed E-state index contributed by atoms with van der Waals surface area (Å²) in [6, 6.07) is 5.82. The van der Waals surface area contributed by atoms with Crippen LogP contribution in [0.3, 0.4) is 0 Å². The number of hydrogen-bond donors (Lipinski definition) is 2. The minimum Gasteiger partial charge on any atom is -0.351 e. The van der Waals surface area contributed by atoms with Crippen LogP contribution in [-0.4, -0.2) is 17.2 Å². The Morgan fingerprint density at radius 1 is 1.32 bits per heavy atom. The fraction of sp³-hybridized carbons (Fsp3) is 0.417. The van der Waals surface area contributed by atoms with Crippen LogP contribution in [0.25, 0.3) is 0 Å². The van der Waals surface area contributed by atoms with Crippen molar-refractivity contribution < 1.29 is 18.0 Å². The molecule has 0 radical (unpaired) electrons. The van der Waals surface area contributed by atoms with Gasteiger partial charge in [-0.15, -0.1) is 0 Å². The standard InChI is InChI=1S/C12H13F3N2OS/c13-12(14,15)19-7-11(18)17-4-8-1-2-9-5-16-6-10(9)3-8/h1-3,16H,4-7H2,(H,17,18). The Morgan fingerprint density at radius 3 is 2.79 bits per heavy atom. The Bertz CT molecular complexity index is 477. The lowest BCUT2D eigenvalue weighted by Crippen LogP contribution is -2.26. The molecule has 1 heterocycles. The Labute approximate surface area is 112 Å². The Hall–Kier alpha value is -1.21. The van der Waals surface area contributed by atoms with E-state index in [4.69, 9.17) is 0 Å². The van der Waals surface area contributed by atoms with E-state index in [0.29, 0.717) is 0 Å². The number of fused-ring (bicyclic) bond motifs is 1. The molecule has 0 fully saturated rings. The molecule has 2 N–H and O–H groups in total. The lowest BCUT2D eigenvalue weighted by Gasteiger charge is -2.08. The molecule has 1 aromatic rings. The molecule has 1 amide bonds. The first kappa shape index (κ1) is 14.2. The lowest BCUT2D eigenvalue weighted by atomic mass is 10.1. The summed E-state index contributed by atoms with van der Waals surface area (Å²) >= 11 is -0.325. The van der Waals surface area contributed by atoms with E-state index in [1.807, 2.05) is 18.2 Å². The van der Waals surface area contributed by atoms with Crippen molar-refractivity contribution in [3.8, 4) is 0 Å². The molecule has 0 saturated carbocycles. The van der Waals surface area contributed by atoms with Crippen LogP contribution in [0.5, 0.6) is 0 Å². The molecule has 1 aliphatic rings. The van der Waals surface area contributed by atoms with Crippen molar-refractivity contribution >= 4 is 17.7 Å². The van der Waals surface area contributed by atoms with Gasteiger partial charge in [0.25, 0.3) is 0 Å². The first-order valence-corrected chi connectivity index (χ1v) is 6.71. The zero-order chi connectivity index (χ0) is 13.9. The van der Waals surface area contributed by atoms with Crippen LogP contribution in [0, 0.1) is 0 Å². The van der Waals surface area contributed by atoms with Crippen molar-refractivity contribution in [2.24, 2.45) is 0 Å². The number of rotatable bonds is 4. The summed E-state index contributed by atoms with van der Waals surface area (Å²) in [7, 11) is 0. The minimum absolute atomic E-state index is 0.254. The van der Waals surface area contributed by atoms with E-state index in [9.17, 15) is 18.0 Å². The van der Waals surface area contributed by atoms with E-state index in [-0.39, 0.29) is 18.3 Å². The first-order valence-electron chi connectivity index (χ1n) is 5.73. The molecule has 1 aliphatic heterocycles. The molecule has 0 atom stereocenters. The van der Waals surface area contributed by atoms with Crippen LogP contribution in [0.2, 0.25) is 0 Å². The van der Waals surface area contributed by atoms with E-state index in [1.165, 1.54) is 11.1 Å². The summed E-state index contributed by atoms with van der Waals surface area (Å²) in [5.41, 5.74) is -1.07. The number of hydrogen-bond acceptors (Lipinski definition) is 3. The summed E-state index contributed by atoms with van der Waals surface area (Å²) in [4.78, 5) is 11.3. The normalized spacial score (nSPS) is 14.3. The summed E-state index contributed by atoms with van der Waals surface area (Å²) in [5, 5.41) is 5.68. The van der Waals surface area contributed by atoms with Crippen LogP contribution >= 0.6 is 11.8 Å². The zero-order valence-corrected chi connectivity index (χ0v) is 10.8. The van der Waals surface area contributed by atoms with Crippen molar-refractivity contribution in [3.63, 3.8) is 0 Å². The third-order valence-corrected chi connectivity index (χ3v) is 3.49. The highest BCUT2D eigenvalue weighted by Gasteiger charge is 2.29. The van der Waals surface area contributed by atoms with Crippen molar-refractivity contribution in [1.82, 2.24) is 10.6 Å². The summed E-state index contributed by atoms with van der Waals surface area (Å²) in [6.45, 7) is 1.88. The number of thioether (sulfide) groups is 1. The van der Waals surface area contributed by atoms with Gasteiger partial charge < -0.3 is 10.6 Å². The monoisotopic (exact) mass is 290 g/mol. The van der Waals surface area contributed by atoms with Gasteiger partial charge in [-0.3, -0.25) is 4.79 Å². The second-order valence-electron chi connectivity index (χ2n) is 4.22. The molecule has 0 unspecified atom stereocenters. The average molecular weight is 290 g/mol. The highest BCUT2D eigenvalue weighted by atomic mass is 32.2. The van der Waals surface area contributed by atoms with Crippen LogP contribution in [0.15, 0.2) is 18.2 Å². The Morgan fingerprint density at radius 2 is 2.05 bits per heavy atom. The van der Waals surface area contributed by atoms with Crippen LogP contribution in [0.4, 0.5) is 13.2 Å². The maximum absolute atomic E-state index is 11.9. The topological polar surface area (TPSA) is 41.1 Å². The van der Waals surface area contributed by atoms with Crippen LogP contribution in [0.1, 0.15) is 16.7 Å². The highest BCUT2D eigenvalue weighted by Crippen LogP contribution is 2.29. The number of alkyl halides is 3. The second kappa shape index (κ2) is 5.83. The van der Waals surface area contributed by atoms with Gasteiger partial charge in [-0.25, -0.2) is 0 Å². The molecule has 0 spiro atoms. The number of amides is 1. The average Bonchev–Trinajstić information content (AvgIpc) is 2.80. The maximum Gasteiger partial charge on any atom is 0.442 e. The molecular weight excluding hydrogens is 277 g/mol. The van der Waals surface area contributed by atoms with E-state index >= 15 is 0 Å². The van der Waals surface area contributed by atoms with E-state index in [1.54, 1.807) is 0 Å². The summed E-state index contributed by atoms with van der Waals surface area (Å²) < 4.78 is 35.7. The first-order chi connectivity index (χ1) is 8.94. The van der Waals surface area contributed by atoms with E-state index < -0.39 is 17.2 Å². The Kier molecular flexibility index (Phi) is 4.36. The van der Waals surface area contributed by atoms with Gasteiger partial charge in [-0.05, 0) is 28.5 Å². The molecule has 19 heavy (non-hydrogen) atoms. The lowest BCUT2D eigenvalue weighted by molar-refractivity contribution is -0.119. The molecule has 0 aromatic heterocycles. The number of halogens is 3. The summed E-state index contributed by atoms with van der Waals surface area (Å²) in [6.07, 6.45) is 0. The molecule has 1 aromatic carbocycles. The fourth-order valence-corrected chi connectivity index (χ4v) is 2.25. The van der Waals surface area contributed by atoms with Crippen LogP contribution in [-0.2, 0) is 24.4 Å². The van der Waals surface area contributed by atoms with Gasteiger partial charge in [0.2, 0.25) is 5.91 Å². The number of carbonyl (C=O) groups is 1. The molecule has 7 heteroatoms. The minimum atomic E-state index is -4.36. The quantitative estimate of drug-likeness (QED) is 0.893.